The van der Waals surface area contributed by atoms with Gasteiger partial charge in [0.2, 0.25) is 5.91 Å². The summed E-state index contributed by atoms with van der Waals surface area (Å²) in [6.45, 7) is 0.0824. The first-order chi connectivity index (χ1) is 11.8. The lowest BCUT2D eigenvalue weighted by molar-refractivity contribution is -0.122. The van der Waals surface area contributed by atoms with Gasteiger partial charge in [0.05, 0.1) is 20.2 Å². The van der Waals surface area contributed by atoms with Crippen LogP contribution in [0.3, 0.4) is 0 Å². The Hall–Kier alpha value is -2.19. The first kappa shape index (κ1) is 21.9. The fraction of sp³-hybridized carbons (Fsp3) is 0.412. The maximum atomic E-state index is 13.0. The molecule has 0 aliphatic carbocycles. The average Bonchev–Trinajstić information content (AvgIpc) is 2.59. The van der Waals surface area contributed by atoms with Crippen LogP contribution in [0.25, 0.3) is 11.0 Å². The van der Waals surface area contributed by atoms with Gasteiger partial charge < -0.3 is 20.2 Å². The van der Waals surface area contributed by atoms with Gasteiger partial charge in [-0.2, -0.15) is 0 Å². The molecule has 1 aromatic heterocycles. The Labute approximate surface area is 155 Å². The van der Waals surface area contributed by atoms with Crippen molar-refractivity contribution in [2.75, 3.05) is 20.2 Å². The van der Waals surface area contributed by atoms with E-state index in [1.807, 2.05) is 0 Å². The van der Waals surface area contributed by atoms with Crippen molar-refractivity contribution in [2.45, 2.75) is 25.7 Å². The highest BCUT2D eigenvalue weighted by Gasteiger charge is 2.27. The summed E-state index contributed by atoms with van der Waals surface area (Å²) in [5.41, 5.74) is 5.77. The maximum Gasteiger partial charge on any atom is 0.339 e. The summed E-state index contributed by atoms with van der Waals surface area (Å²) in [6, 6.07) is 5.10. The van der Waals surface area contributed by atoms with Gasteiger partial charge in [-0.3, -0.25) is 4.79 Å². The Morgan fingerprint density at radius 1 is 1.38 bits per heavy atom. The number of nitrogens with one attached hydrogen (secondary N) is 1. The Morgan fingerprint density at radius 3 is 2.69 bits per heavy atom. The molecule has 3 N–H and O–H groups in total. The zero-order chi connectivity index (χ0) is 18.6. The van der Waals surface area contributed by atoms with Crippen molar-refractivity contribution in [2.24, 2.45) is 5.73 Å². The highest BCUT2D eigenvalue weighted by atomic mass is 35.5. The van der Waals surface area contributed by atoms with Gasteiger partial charge in [-0.1, -0.05) is 0 Å². The third kappa shape index (κ3) is 5.15. The van der Waals surface area contributed by atoms with Gasteiger partial charge >= 0.3 is 5.63 Å². The summed E-state index contributed by atoms with van der Waals surface area (Å²) < 4.78 is 36.4. The van der Waals surface area contributed by atoms with Gasteiger partial charge in [0, 0.05) is 23.4 Å². The van der Waals surface area contributed by atoms with E-state index in [9.17, 15) is 18.4 Å². The molecule has 1 heterocycles. The second kappa shape index (κ2) is 8.95. The van der Waals surface area contributed by atoms with E-state index >= 15 is 0 Å². The SMILES string of the molecule is COc1ccc2c(C)c(CCC(=O)NCC(F)(F)CN)c(=O)oc2c1.Cl. The Kier molecular flexibility index (Phi) is 7.53. The van der Waals surface area contributed by atoms with Crippen LogP contribution < -0.4 is 21.4 Å². The predicted octanol–water partition coefficient (Wildman–Crippen LogP) is 2.17. The highest BCUT2D eigenvalue weighted by molar-refractivity contribution is 5.85. The van der Waals surface area contributed by atoms with Crippen molar-refractivity contribution in [3.8, 4) is 5.75 Å². The van der Waals surface area contributed by atoms with E-state index in [0.717, 1.165) is 5.39 Å². The molecule has 0 atom stereocenters. The normalized spacial score (nSPS) is 11.1. The first-order valence-corrected chi connectivity index (χ1v) is 7.72. The average molecular weight is 391 g/mol. The van der Waals surface area contributed by atoms with E-state index < -0.39 is 30.5 Å². The number of aryl methyl sites for hydroxylation is 1. The summed E-state index contributed by atoms with van der Waals surface area (Å²) in [4.78, 5) is 23.9. The van der Waals surface area contributed by atoms with Crippen molar-refractivity contribution >= 4 is 29.3 Å². The van der Waals surface area contributed by atoms with E-state index in [1.54, 1.807) is 25.1 Å². The topological polar surface area (TPSA) is 94.6 Å². The molecule has 6 nitrogen and oxygen atoms in total. The number of carbonyl (C=O) groups is 1. The van der Waals surface area contributed by atoms with Crippen molar-refractivity contribution in [1.82, 2.24) is 5.32 Å². The number of halogens is 3. The number of alkyl halides is 2. The van der Waals surface area contributed by atoms with Gasteiger partial charge in [-0.05, 0) is 31.0 Å². The van der Waals surface area contributed by atoms with Crippen LogP contribution in [-0.2, 0) is 11.2 Å². The third-order valence-corrected chi connectivity index (χ3v) is 3.94. The van der Waals surface area contributed by atoms with E-state index in [1.165, 1.54) is 7.11 Å². The molecule has 0 saturated heterocycles. The second-order valence-corrected chi connectivity index (χ2v) is 5.69. The van der Waals surface area contributed by atoms with Crippen LogP contribution in [0.15, 0.2) is 27.4 Å². The van der Waals surface area contributed by atoms with Crippen molar-refractivity contribution in [1.29, 1.82) is 0 Å². The summed E-state index contributed by atoms with van der Waals surface area (Å²) in [5.74, 6) is -3.17. The largest absolute Gasteiger partial charge is 0.497 e. The molecule has 0 aliphatic heterocycles. The number of hydrogen-bond acceptors (Lipinski definition) is 5. The van der Waals surface area contributed by atoms with Crippen LogP contribution >= 0.6 is 12.4 Å². The van der Waals surface area contributed by atoms with Crippen LogP contribution in [0.2, 0.25) is 0 Å². The lowest BCUT2D eigenvalue weighted by Gasteiger charge is -2.14. The number of rotatable bonds is 7. The Bertz CT molecular complexity index is 839. The molecular formula is C17H21ClF2N2O4. The minimum Gasteiger partial charge on any atom is -0.497 e. The molecular weight excluding hydrogens is 370 g/mol. The maximum absolute atomic E-state index is 13.0. The number of fused-ring (bicyclic) bond motifs is 1. The third-order valence-electron chi connectivity index (χ3n) is 3.94. The Morgan fingerprint density at radius 2 is 2.08 bits per heavy atom. The monoisotopic (exact) mass is 390 g/mol. The van der Waals surface area contributed by atoms with Crippen LogP contribution in [0.5, 0.6) is 5.75 Å². The van der Waals surface area contributed by atoms with E-state index in [0.29, 0.717) is 22.5 Å². The first-order valence-electron chi connectivity index (χ1n) is 7.72. The second-order valence-electron chi connectivity index (χ2n) is 5.69. The standard InChI is InChI=1S/C17H20F2N2O4.ClH/c1-10-12-4-3-11(24-2)7-14(12)25-16(23)13(10)5-6-15(22)21-9-17(18,19)8-20;/h3-4,7H,5-6,8-9,20H2,1-2H3,(H,21,22);1H. The molecule has 1 aromatic carbocycles. The number of carbonyl (C=O) groups excluding carboxylic acids is 1. The molecule has 2 rings (SSSR count). The zero-order valence-corrected chi connectivity index (χ0v) is 15.3. The van der Waals surface area contributed by atoms with Crippen LogP contribution in [0.1, 0.15) is 17.5 Å². The smallest absolute Gasteiger partial charge is 0.339 e. The zero-order valence-electron chi connectivity index (χ0n) is 14.4. The molecule has 144 valence electrons. The molecule has 2 aromatic rings. The number of hydrogen-bond donors (Lipinski definition) is 2. The molecule has 0 unspecified atom stereocenters. The lowest BCUT2D eigenvalue weighted by Crippen LogP contribution is -2.41. The minimum absolute atomic E-state index is 0. The molecule has 0 radical (unpaired) electrons. The van der Waals surface area contributed by atoms with Crippen molar-refractivity contribution < 1.29 is 22.7 Å². The summed E-state index contributed by atoms with van der Waals surface area (Å²) >= 11 is 0. The van der Waals surface area contributed by atoms with Gasteiger partial charge in [0.1, 0.15) is 11.3 Å². The quantitative estimate of drug-likeness (QED) is 0.706. The van der Waals surface area contributed by atoms with Gasteiger partial charge in [0.15, 0.2) is 0 Å². The molecule has 0 bridgehead atoms. The molecule has 0 fully saturated rings. The summed E-state index contributed by atoms with van der Waals surface area (Å²) in [7, 11) is 1.51. The molecule has 0 saturated carbocycles. The number of ether oxygens (including phenoxy) is 1. The number of nitrogens with two attached hydrogens (primary N) is 1. The van der Waals surface area contributed by atoms with Crippen LogP contribution in [-0.4, -0.2) is 32.0 Å². The minimum atomic E-state index is -3.15. The van der Waals surface area contributed by atoms with E-state index in [4.69, 9.17) is 14.9 Å². The lowest BCUT2D eigenvalue weighted by atomic mass is 10.0. The Balaban J connectivity index is 0.00000338. The van der Waals surface area contributed by atoms with Gasteiger partial charge in [0.25, 0.3) is 5.92 Å². The fourth-order valence-corrected chi connectivity index (χ4v) is 2.42. The molecule has 9 heteroatoms. The van der Waals surface area contributed by atoms with Crippen LogP contribution in [0.4, 0.5) is 8.78 Å². The van der Waals surface area contributed by atoms with Crippen LogP contribution in [0, 0.1) is 6.92 Å². The summed E-state index contributed by atoms with van der Waals surface area (Å²) in [6.07, 6.45) is -0.00984. The summed E-state index contributed by atoms with van der Waals surface area (Å²) in [5, 5.41) is 2.84. The highest BCUT2D eigenvalue weighted by Crippen LogP contribution is 2.24. The predicted molar refractivity (Wildman–Crippen MR) is 96.4 cm³/mol. The van der Waals surface area contributed by atoms with E-state index in [-0.39, 0.29) is 25.2 Å². The fourth-order valence-electron chi connectivity index (χ4n) is 2.42. The molecule has 0 spiro atoms. The number of amides is 1. The van der Waals surface area contributed by atoms with Crippen molar-refractivity contribution in [3.63, 3.8) is 0 Å². The number of methoxy groups -OCH3 is 1. The van der Waals surface area contributed by atoms with Gasteiger partial charge in [-0.25, -0.2) is 13.6 Å². The number of benzene rings is 1. The molecule has 0 aliphatic rings. The molecule has 1 amide bonds. The molecule has 26 heavy (non-hydrogen) atoms. The van der Waals surface area contributed by atoms with Gasteiger partial charge in [-0.15, -0.1) is 12.4 Å². The van der Waals surface area contributed by atoms with E-state index in [2.05, 4.69) is 5.32 Å². The van der Waals surface area contributed by atoms with Crippen molar-refractivity contribution in [3.05, 3.63) is 39.7 Å².